The van der Waals surface area contributed by atoms with Gasteiger partial charge >= 0.3 is 0 Å². The van der Waals surface area contributed by atoms with Crippen LogP contribution in [0.4, 0.5) is 5.69 Å². The second-order valence-corrected chi connectivity index (χ2v) is 6.79. The molecule has 0 saturated heterocycles. The minimum Gasteiger partial charge on any atom is -0.495 e. The van der Waals surface area contributed by atoms with E-state index in [1.165, 1.54) is 18.4 Å². The quantitative estimate of drug-likeness (QED) is 0.747. The van der Waals surface area contributed by atoms with Crippen molar-refractivity contribution in [3.8, 4) is 5.75 Å². The summed E-state index contributed by atoms with van der Waals surface area (Å²) in [6.45, 7) is 0.669. The molecule has 2 aliphatic rings. The number of ether oxygens (including phenoxy) is 1. The highest BCUT2D eigenvalue weighted by Crippen LogP contribution is 2.40. The number of benzene rings is 1. The molecule has 1 aromatic rings. The number of nitrogens with one attached hydrogen (secondary N) is 2. The standard InChI is InChI=1S/C20H26N2O3/c1-25-18-10-6-5-9-17(18)22-20(24)16-13-15(16)19(23)21-12-11-14-7-3-2-4-8-14/h5-7,9-10,15-16H,2-4,8,11-13H2,1H3,(H,21,23)(H,22,24). The summed E-state index contributed by atoms with van der Waals surface area (Å²) >= 11 is 0. The zero-order valence-electron chi connectivity index (χ0n) is 14.7. The molecule has 5 heteroatoms. The predicted octanol–water partition coefficient (Wildman–Crippen LogP) is 3.28. The number of methoxy groups -OCH3 is 1. The van der Waals surface area contributed by atoms with Gasteiger partial charge in [0.1, 0.15) is 5.75 Å². The van der Waals surface area contributed by atoms with Gasteiger partial charge in [-0.3, -0.25) is 9.59 Å². The fourth-order valence-corrected chi connectivity index (χ4v) is 3.36. The van der Waals surface area contributed by atoms with Gasteiger partial charge in [-0.15, -0.1) is 0 Å². The molecule has 2 unspecified atom stereocenters. The summed E-state index contributed by atoms with van der Waals surface area (Å²) in [5.74, 6) is 0.0725. The molecule has 1 aromatic carbocycles. The number of amides is 2. The van der Waals surface area contributed by atoms with Crippen LogP contribution in [0.25, 0.3) is 0 Å². The van der Waals surface area contributed by atoms with Crippen molar-refractivity contribution < 1.29 is 14.3 Å². The van der Waals surface area contributed by atoms with Crippen molar-refractivity contribution in [3.63, 3.8) is 0 Å². The maximum atomic E-state index is 12.3. The Labute approximate surface area is 148 Å². The third-order valence-corrected chi connectivity index (χ3v) is 4.96. The molecule has 2 N–H and O–H groups in total. The molecular formula is C20H26N2O3. The van der Waals surface area contributed by atoms with Gasteiger partial charge in [-0.1, -0.05) is 23.8 Å². The third-order valence-electron chi connectivity index (χ3n) is 4.96. The molecule has 1 fully saturated rings. The summed E-state index contributed by atoms with van der Waals surface area (Å²) in [4.78, 5) is 24.5. The molecule has 0 aromatic heterocycles. The summed E-state index contributed by atoms with van der Waals surface area (Å²) < 4.78 is 5.23. The highest BCUT2D eigenvalue weighted by molar-refractivity contribution is 6.00. The van der Waals surface area contributed by atoms with Crippen LogP contribution < -0.4 is 15.4 Å². The number of carbonyl (C=O) groups excluding carboxylic acids is 2. The van der Waals surface area contributed by atoms with E-state index in [0.29, 0.717) is 24.4 Å². The van der Waals surface area contributed by atoms with Crippen molar-refractivity contribution >= 4 is 17.5 Å². The van der Waals surface area contributed by atoms with Gasteiger partial charge in [0, 0.05) is 6.54 Å². The highest BCUT2D eigenvalue weighted by Gasteiger charge is 2.48. The van der Waals surface area contributed by atoms with Crippen LogP contribution in [0, 0.1) is 11.8 Å². The van der Waals surface area contributed by atoms with E-state index in [4.69, 9.17) is 4.74 Å². The number of rotatable bonds is 7. The van der Waals surface area contributed by atoms with Gasteiger partial charge in [-0.25, -0.2) is 0 Å². The van der Waals surface area contributed by atoms with Crippen molar-refractivity contribution in [2.24, 2.45) is 11.8 Å². The van der Waals surface area contributed by atoms with E-state index >= 15 is 0 Å². The zero-order chi connectivity index (χ0) is 17.6. The molecule has 0 spiro atoms. The Bertz CT molecular complexity index is 669. The van der Waals surface area contributed by atoms with Crippen LogP contribution in [-0.4, -0.2) is 25.5 Å². The fraction of sp³-hybridized carbons (Fsp3) is 0.500. The summed E-state index contributed by atoms with van der Waals surface area (Å²) in [6.07, 6.45) is 8.71. The summed E-state index contributed by atoms with van der Waals surface area (Å²) in [5.41, 5.74) is 2.10. The van der Waals surface area contributed by atoms with Crippen molar-refractivity contribution in [2.75, 3.05) is 19.0 Å². The zero-order valence-corrected chi connectivity index (χ0v) is 14.7. The van der Waals surface area contributed by atoms with E-state index < -0.39 is 0 Å². The maximum Gasteiger partial charge on any atom is 0.228 e. The topological polar surface area (TPSA) is 67.4 Å². The lowest BCUT2D eigenvalue weighted by atomic mass is 9.97. The van der Waals surface area contributed by atoms with Crippen molar-refractivity contribution in [1.29, 1.82) is 0 Å². The molecule has 0 aliphatic heterocycles. The SMILES string of the molecule is COc1ccccc1NC(=O)C1CC1C(=O)NCCC1=CCCCC1. The van der Waals surface area contributed by atoms with E-state index in [-0.39, 0.29) is 23.7 Å². The Kier molecular flexibility index (Phi) is 5.74. The van der Waals surface area contributed by atoms with Crippen LogP contribution in [0.1, 0.15) is 38.5 Å². The third kappa shape index (κ3) is 4.62. The highest BCUT2D eigenvalue weighted by atomic mass is 16.5. The van der Waals surface area contributed by atoms with Crippen molar-refractivity contribution in [3.05, 3.63) is 35.9 Å². The first kappa shape index (κ1) is 17.5. The van der Waals surface area contributed by atoms with Gasteiger partial charge in [0.05, 0.1) is 24.6 Å². The molecule has 2 aliphatic carbocycles. The molecule has 3 rings (SSSR count). The summed E-state index contributed by atoms with van der Waals surface area (Å²) in [6, 6.07) is 7.29. The molecule has 25 heavy (non-hydrogen) atoms. The van der Waals surface area contributed by atoms with Gasteiger partial charge in [0.25, 0.3) is 0 Å². The summed E-state index contributed by atoms with van der Waals surface area (Å²) in [5, 5.41) is 5.84. The van der Waals surface area contributed by atoms with Crippen molar-refractivity contribution in [2.45, 2.75) is 38.5 Å². The largest absolute Gasteiger partial charge is 0.495 e. The lowest BCUT2D eigenvalue weighted by molar-refractivity contribution is -0.125. The van der Waals surface area contributed by atoms with E-state index in [9.17, 15) is 9.59 Å². The average Bonchev–Trinajstić information content (AvgIpc) is 3.44. The first-order chi connectivity index (χ1) is 12.2. The summed E-state index contributed by atoms with van der Waals surface area (Å²) in [7, 11) is 1.57. The molecule has 0 heterocycles. The Morgan fingerprint density at radius 1 is 1.16 bits per heavy atom. The Morgan fingerprint density at radius 3 is 2.72 bits per heavy atom. The normalized spacial score (nSPS) is 21.9. The second-order valence-electron chi connectivity index (χ2n) is 6.79. The molecule has 0 radical (unpaired) electrons. The number of para-hydroxylation sites is 2. The monoisotopic (exact) mass is 342 g/mol. The van der Waals surface area contributed by atoms with Crippen LogP contribution >= 0.6 is 0 Å². The van der Waals surface area contributed by atoms with Crippen LogP contribution in [0.15, 0.2) is 35.9 Å². The van der Waals surface area contributed by atoms with E-state index in [1.807, 2.05) is 12.1 Å². The molecule has 5 nitrogen and oxygen atoms in total. The molecule has 134 valence electrons. The lowest BCUT2D eigenvalue weighted by Crippen LogP contribution is -2.28. The van der Waals surface area contributed by atoms with E-state index in [0.717, 1.165) is 19.3 Å². The van der Waals surface area contributed by atoms with Crippen LogP contribution in [0.5, 0.6) is 5.75 Å². The Morgan fingerprint density at radius 2 is 1.96 bits per heavy atom. The molecule has 1 saturated carbocycles. The van der Waals surface area contributed by atoms with Gasteiger partial charge in [-0.05, 0) is 50.7 Å². The number of hydrogen-bond donors (Lipinski definition) is 2. The first-order valence-electron chi connectivity index (χ1n) is 9.08. The van der Waals surface area contributed by atoms with Gasteiger partial charge < -0.3 is 15.4 Å². The van der Waals surface area contributed by atoms with Crippen LogP contribution in [-0.2, 0) is 9.59 Å². The number of anilines is 1. The molecule has 2 atom stereocenters. The maximum absolute atomic E-state index is 12.3. The number of allylic oxidation sites excluding steroid dienone is 1. The average molecular weight is 342 g/mol. The van der Waals surface area contributed by atoms with Crippen molar-refractivity contribution in [1.82, 2.24) is 5.32 Å². The predicted molar refractivity (Wildman–Crippen MR) is 97.4 cm³/mol. The van der Waals surface area contributed by atoms with E-state index in [1.54, 1.807) is 19.2 Å². The minimum atomic E-state index is -0.237. The molecule has 2 amide bonds. The minimum absolute atomic E-state index is 0.00316. The Hall–Kier alpha value is -2.30. The number of carbonyl (C=O) groups is 2. The van der Waals surface area contributed by atoms with Crippen LogP contribution in [0.3, 0.4) is 0 Å². The lowest BCUT2D eigenvalue weighted by Gasteiger charge is -2.13. The van der Waals surface area contributed by atoms with Gasteiger partial charge in [0.15, 0.2) is 0 Å². The smallest absolute Gasteiger partial charge is 0.228 e. The Balaban J connectivity index is 1.42. The number of hydrogen-bond acceptors (Lipinski definition) is 3. The fourth-order valence-electron chi connectivity index (χ4n) is 3.36. The van der Waals surface area contributed by atoms with Crippen LogP contribution in [0.2, 0.25) is 0 Å². The first-order valence-corrected chi connectivity index (χ1v) is 9.08. The molecular weight excluding hydrogens is 316 g/mol. The second kappa shape index (κ2) is 8.19. The van der Waals surface area contributed by atoms with E-state index in [2.05, 4.69) is 16.7 Å². The molecule has 0 bridgehead atoms. The van der Waals surface area contributed by atoms with Gasteiger partial charge in [-0.2, -0.15) is 0 Å². The van der Waals surface area contributed by atoms with Gasteiger partial charge in [0.2, 0.25) is 11.8 Å².